The van der Waals surface area contributed by atoms with Crippen molar-refractivity contribution in [3.8, 4) is 0 Å². The molecule has 1 heterocycles. The van der Waals surface area contributed by atoms with Crippen LogP contribution in [0.3, 0.4) is 0 Å². The first-order chi connectivity index (χ1) is 11.7. The minimum atomic E-state index is -4.34. The van der Waals surface area contributed by atoms with Crippen molar-refractivity contribution in [2.75, 3.05) is 6.26 Å². The minimum absolute atomic E-state index is 0.145. The number of fused-ring (bicyclic) bond motifs is 1. The van der Waals surface area contributed by atoms with Crippen molar-refractivity contribution in [1.82, 2.24) is 8.39 Å². The maximum atomic E-state index is 12.8. The van der Waals surface area contributed by atoms with Crippen LogP contribution in [-0.4, -0.2) is 31.5 Å². The third-order valence-electron chi connectivity index (χ3n) is 3.41. The summed E-state index contributed by atoms with van der Waals surface area (Å²) in [6, 6.07) is 14.7. The Bertz CT molecular complexity index is 1190. The van der Waals surface area contributed by atoms with E-state index in [0.29, 0.717) is 0 Å². The Balaban J connectivity index is 2.26. The second kappa shape index (κ2) is 6.28. The number of sulfonamides is 2. The van der Waals surface area contributed by atoms with E-state index in [1.807, 2.05) is 24.3 Å². The van der Waals surface area contributed by atoms with Gasteiger partial charge in [-0.25, -0.2) is 8.42 Å². The molecule has 3 aromatic rings. The third kappa shape index (κ3) is 3.32. The number of nitrogens with zero attached hydrogens (tertiary/aromatic N) is 3. The van der Waals surface area contributed by atoms with Crippen molar-refractivity contribution in [2.24, 2.45) is 12.1 Å². The average molecular weight is 398 g/mol. The monoisotopic (exact) mass is 397 g/mol. The van der Waals surface area contributed by atoms with Gasteiger partial charge in [0.2, 0.25) is 4.80 Å². The molecular weight excluding hydrogens is 382 g/mol. The highest BCUT2D eigenvalue weighted by molar-refractivity contribution is 8.03. The highest BCUT2D eigenvalue weighted by Crippen LogP contribution is 2.20. The second-order valence-electron chi connectivity index (χ2n) is 5.27. The first-order valence-electron chi connectivity index (χ1n) is 7.11. The van der Waals surface area contributed by atoms with Crippen molar-refractivity contribution < 1.29 is 16.8 Å². The van der Waals surface area contributed by atoms with Gasteiger partial charge in [0.1, 0.15) is 0 Å². The number of aromatic nitrogens is 1. The molecule has 0 atom stereocenters. The molecule has 1 aromatic heterocycles. The van der Waals surface area contributed by atoms with Gasteiger partial charge in [-0.2, -0.15) is 8.42 Å². The predicted octanol–water partition coefficient (Wildman–Crippen LogP) is 1.71. The Kier molecular flexibility index (Phi) is 4.43. The summed E-state index contributed by atoms with van der Waals surface area (Å²) in [4.78, 5) is 0.110. The van der Waals surface area contributed by atoms with E-state index in [1.54, 1.807) is 17.7 Å². The molecule has 0 unspecified atom stereocenters. The van der Waals surface area contributed by atoms with Crippen LogP contribution in [0.2, 0.25) is 0 Å². The Morgan fingerprint density at radius 1 is 0.960 bits per heavy atom. The molecule has 0 amide bonds. The predicted molar refractivity (Wildman–Crippen MR) is 96.7 cm³/mol. The van der Waals surface area contributed by atoms with Gasteiger partial charge in [-0.15, -0.1) is 5.10 Å². The van der Waals surface area contributed by atoms with E-state index in [2.05, 4.69) is 5.10 Å². The molecular formula is C15H15N3O4S3. The summed E-state index contributed by atoms with van der Waals surface area (Å²) in [7, 11) is -6.79. The van der Waals surface area contributed by atoms with Crippen LogP contribution in [0.4, 0.5) is 0 Å². The van der Waals surface area contributed by atoms with Crippen molar-refractivity contribution in [3.05, 3.63) is 59.4 Å². The first-order valence-corrected chi connectivity index (χ1v) is 11.2. The summed E-state index contributed by atoms with van der Waals surface area (Å²) >= 11 is 1.21. The van der Waals surface area contributed by atoms with Crippen LogP contribution in [-0.2, 0) is 27.1 Å². The maximum absolute atomic E-state index is 12.8. The molecule has 0 aliphatic carbocycles. The molecule has 0 bridgehead atoms. The first kappa shape index (κ1) is 17.6. The summed E-state index contributed by atoms with van der Waals surface area (Å²) in [5.41, 5.74) is 0.830. The van der Waals surface area contributed by atoms with Crippen LogP contribution >= 0.6 is 11.3 Å². The number of benzene rings is 2. The van der Waals surface area contributed by atoms with Gasteiger partial charge >= 0.3 is 0 Å². The number of para-hydroxylation sites is 1. The van der Waals surface area contributed by atoms with Crippen LogP contribution in [0, 0.1) is 0 Å². The second-order valence-corrected chi connectivity index (χ2v) is 10.1. The van der Waals surface area contributed by atoms with Gasteiger partial charge in [-0.3, -0.25) is 0 Å². The van der Waals surface area contributed by atoms with Gasteiger partial charge in [0.15, 0.2) is 0 Å². The summed E-state index contributed by atoms with van der Waals surface area (Å²) in [6.45, 7) is 0. The van der Waals surface area contributed by atoms with E-state index in [1.165, 1.54) is 35.6 Å². The Morgan fingerprint density at radius 3 is 2.16 bits per heavy atom. The standard InChI is InChI=1S/C15H15N3O4S3/c1-17-13-10-6-7-11-14(13)23-15(17)16-18(24(2,19)20)25(21,22)12-8-4-3-5-9-12/h3-11H,1-2H3/b16-15-. The van der Waals surface area contributed by atoms with Crippen LogP contribution in [0.5, 0.6) is 0 Å². The Morgan fingerprint density at radius 2 is 1.56 bits per heavy atom. The van der Waals surface area contributed by atoms with Gasteiger partial charge in [-0.05, 0) is 24.3 Å². The topological polar surface area (TPSA) is 88.8 Å². The van der Waals surface area contributed by atoms with Crippen molar-refractivity contribution >= 4 is 41.6 Å². The lowest BCUT2D eigenvalue weighted by Gasteiger charge is -2.16. The molecule has 132 valence electrons. The van der Waals surface area contributed by atoms with Gasteiger partial charge in [0, 0.05) is 7.05 Å². The van der Waals surface area contributed by atoms with Crippen molar-refractivity contribution in [2.45, 2.75) is 4.90 Å². The van der Waals surface area contributed by atoms with E-state index >= 15 is 0 Å². The lowest BCUT2D eigenvalue weighted by Crippen LogP contribution is -2.34. The fourth-order valence-corrected chi connectivity index (χ4v) is 6.13. The highest BCUT2D eigenvalue weighted by atomic mass is 32.3. The van der Waals surface area contributed by atoms with Crippen molar-refractivity contribution in [3.63, 3.8) is 0 Å². The molecule has 0 saturated heterocycles. The molecule has 3 rings (SSSR count). The molecule has 25 heavy (non-hydrogen) atoms. The van der Waals surface area contributed by atoms with E-state index in [9.17, 15) is 16.8 Å². The van der Waals surface area contributed by atoms with Crippen LogP contribution in [0.1, 0.15) is 0 Å². The number of hydrogen-bond donors (Lipinski definition) is 0. The molecule has 0 aliphatic rings. The highest BCUT2D eigenvalue weighted by Gasteiger charge is 2.31. The largest absolute Gasteiger partial charge is 0.318 e. The Labute approximate surface area is 149 Å². The average Bonchev–Trinajstić information content (AvgIpc) is 2.89. The lowest BCUT2D eigenvalue weighted by atomic mass is 10.3. The summed E-state index contributed by atoms with van der Waals surface area (Å²) < 4.78 is 52.5. The number of thiazole rings is 1. The SMILES string of the molecule is Cn1/c(=N/N(S(C)(=O)=O)S(=O)(=O)c2ccccc2)sc2ccccc21. The van der Waals surface area contributed by atoms with Gasteiger partial charge in [0.05, 0.1) is 21.4 Å². The number of aryl methyl sites for hydroxylation is 1. The zero-order valence-electron chi connectivity index (χ0n) is 13.4. The fraction of sp³-hybridized carbons (Fsp3) is 0.133. The summed E-state index contributed by atoms with van der Waals surface area (Å²) in [5.74, 6) is 0. The quantitative estimate of drug-likeness (QED) is 0.627. The number of hydrogen-bond acceptors (Lipinski definition) is 6. The van der Waals surface area contributed by atoms with E-state index < -0.39 is 20.0 Å². The molecule has 0 radical (unpaired) electrons. The smallest absolute Gasteiger partial charge is 0.292 e. The molecule has 0 fully saturated rings. The lowest BCUT2D eigenvalue weighted by molar-refractivity contribution is 0.504. The molecule has 0 saturated carbocycles. The van der Waals surface area contributed by atoms with Gasteiger partial charge < -0.3 is 4.57 Å². The van der Waals surface area contributed by atoms with E-state index in [0.717, 1.165) is 16.5 Å². The van der Waals surface area contributed by atoms with Crippen LogP contribution in [0.25, 0.3) is 10.2 Å². The van der Waals surface area contributed by atoms with E-state index in [-0.39, 0.29) is 13.5 Å². The van der Waals surface area contributed by atoms with Crippen LogP contribution in [0.15, 0.2) is 64.6 Å². The summed E-state index contributed by atoms with van der Waals surface area (Å²) in [6.07, 6.45) is 0.810. The molecule has 10 heteroatoms. The number of rotatable bonds is 4. The van der Waals surface area contributed by atoms with E-state index in [4.69, 9.17) is 0 Å². The fourth-order valence-electron chi connectivity index (χ4n) is 2.24. The van der Waals surface area contributed by atoms with Crippen LogP contribution < -0.4 is 4.80 Å². The normalized spacial score (nSPS) is 13.3. The summed E-state index contributed by atoms with van der Waals surface area (Å²) in [5, 5.41) is 3.95. The Hall–Kier alpha value is -2.17. The molecule has 0 spiro atoms. The third-order valence-corrected chi connectivity index (χ3v) is 7.93. The molecule has 0 aliphatic heterocycles. The zero-order valence-corrected chi connectivity index (χ0v) is 15.8. The zero-order chi connectivity index (χ0) is 18.2. The minimum Gasteiger partial charge on any atom is -0.318 e. The molecule has 7 nitrogen and oxygen atoms in total. The van der Waals surface area contributed by atoms with Crippen molar-refractivity contribution in [1.29, 1.82) is 0 Å². The van der Waals surface area contributed by atoms with Gasteiger partial charge in [0.25, 0.3) is 20.0 Å². The molecule has 0 N–H and O–H groups in total. The molecule has 2 aromatic carbocycles. The maximum Gasteiger partial charge on any atom is 0.292 e. The van der Waals surface area contributed by atoms with Gasteiger partial charge in [-0.1, -0.05) is 45.5 Å².